The van der Waals surface area contributed by atoms with Crippen molar-refractivity contribution in [1.29, 1.82) is 0 Å². The van der Waals surface area contributed by atoms with Crippen molar-refractivity contribution in [3.05, 3.63) is 28.2 Å². The van der Waals surface area contributed by atoms with Crippen LogP contribution in [0.5, 0.6) is 5.75 Å². The Balaban J connectivity index is 1.75. The maximum absolute atomic E-state index is 11.8. The summed E-state index contributed by atoms with van der Waals surface area (Å²) in [4.78, 5) is 4.32. The molecule has 0 saturated carbocycles. The number of hydroxylamine groups is 1. The molecule has 1 aliphatic heterocycles. The molecule has 0 fully saturated rings. The maximum Gasteiger partial charge on any atom is 0.413 e. The summed E-state index contributed by atoms with van der Waals surface area (Å²) < 4.78 is 41.9. The first kappa shape index (κ1) is 13.6. The largest absolute Gasteiger partial charge is 0.488 e. The van der Waals surface area contributed by atoms with Crippen molar-refractivity contribution >= 4 is 15.9 Å². The maximum atomic E-state index is 11.8. The average molecular weight is 326 g/mol. The molecular formula is C11H11BrF3NO2. The summed E-state index contributed by atoms with van der Waals surface area (Å²) in [6.07, 6.45) is -3.88. The highest BCUT2D eigenvalue weighted by Gasteiger charge is 2.28. The van der Waals surface area contributed by atoms with Crippen LogP contribution in [0.2, 0.25) is 0 Å². The quantitative estimate of drug-likeness (QED) is 0.682. The van der Waals surface area contributed by atoms with Gasteiger partial charge in [-0.3, -0.25) is 4.84 Å². The molecular weight excluding hydrogens is 315 g/mol. The number of benzene rings is 1. The Morgan fingerprint density at radius 1 is 1.44 bits per heavy atom. The standard InChI is InChI=1S/C11H11BrF3NO2/c12-8-1-2-10-7(3-8)4-9(18-10)5-16-17-6-11(13,14)15/h1-3,9,16H,4-6H2. The SMILES string of the molecule is FC(F)(F)CONCC1Cc2cc(Br)ccc2O1. The molecule has 0 aromatic heterocycles. The van der Waals surface area contributed by atoms with Crippen molar-refractivity contribution in [2.24, 2.45) is 0 Å². The van der Waals surface area contributed by atoms with E-state index in [0.29, 0.717) is 6.42 Å². The lowest BCUT2D eigenvalue weighted by molar-refractivity contribution is -0.190. The van der Waals surface area contributed by atoms with Gasteiger partial charge in [-0.15, -0.1) is 0 Å². The van der Waals surface area contributed by atoms with Crippen molar-refractivity contribution in [2.45, 2.75) is 18.7 Å². The van der Waals surface area contributed by atoms with Gasteiger partial charge in [0.2, 0.25) is 0 Å². The summed E-state index contributed by atoms with van der Waals surface area (Å²) in [5.74, 6) is 0.765. The van der Waals surface area contributed by atoms with E-state index >= 15 is 0 Å². The van der Waals surface area contributed by atoms with Gasteiger partial charge in [-0.05, 0) is 23.8 Å². The van der Waals surface area contributed by atoms with E-state index in [4.69, 9.17) is 4.74 Å². The minimum atomic E-state index is -4.32. The molecule has 1 atom stereocenters. The van der Waals surface area contributed by atoms with E-state index in [1.54, 1.807) is 0 Å². The van der Waals surface area contributed by atoms with Gasteiger partial charge in [0.25, 0.3) is 0 Å². The lowest BCUT2D eigenvalue weighted by Gasteiger charge is -2.12. The summed E-state index contributed by atoms with van der Waals surface area (Å²) in [6, 6.07) is 5.62. The minimum absolute atomic E-state index is 0.206. The summed E-state index contributed by atoms with van der Waals surface area (Å²) in [7, 11) is 0. The van der Waals surface area contributed by atoms with Crippen LogP contribution in [0, 0.1) is 0 Å². The fraction of sp³-hybridized carbons (Fsp3) is 0.455. The van der Waals surface area contributed by atoms with Crippen LogP contribution in [-0.4, -0.2) is 25.4 Å². The Kier molecular flexibility index (Phi) is 4.14. The van der Waals surface area contributed by atoms with E-state index in [-0.39, 0.29) is 12.6 Å². The summed E-state index contributed by atoms with van der Waals surface area (Å²) in [5.41, 5.74) is 3.31. The van der Waals surface area contributed by atoms with Gasteiger partial charge in [0, 0.05) is 10.9 Å². The number of fused-ring (bicyclic) bond motifs is 1. The van der Waals surface area contributed by atoms with Crippen molar-refractivity contribution in [1.82, 2.24) is 5.48 Å². The summed E-state index contributed by atoms with van der Waals surface area (Å²) in [6.45, 7) is -1.10. The second-order valence-electron chi connectivity index (χ2n) is 3.95. The molecule has 18 heavy (non-hydrogen) atoms. The Labute approximate surface area is 110 Å². The normalized spacial score (nSPS) is 18.6. The first-order valence-corrected chi connectivity index (χ1v) is 6.10. The van der Waals surface area contributed by atoms with Crippen LogP contribution in [0.25, 0.3) is 0 Å². The fourth-order valence-electron chi connectivity index (χ4n) is 1.69. The molecule has 1 aromatic rings. The lowest BCUT2D eigenvalue weighted by atomic mass is 10.1. The predicted octanol–water partition coefficient (Wildman–Crippen LogP) is 2.84. The minimum Gasteiger partial charge on any atom is -0.488 e. The molecule has 1 unspecified atom stereocenters. The van der Waals surface area contributed by atoms with Gasteiger partial charge >= 0.3 is 6.18 Å². The monoisotopic (exact) mass is 325 g/mol. The zero-order chi connectivity index (χ0) is 13.2. The van der Waals surface area contributed by atoms with E-state index in [9.17, 15) is 13.2 Å². The molecule has 1 aliphatic rings. The van der Waals surface area contributed by atoms with Crippen LogP contribution in [0.1, 0.15) is 5.56 Å². The van der Waals surface area contributed by atoms with E-state index in [1.807, 2.05) is 18.2 Å². The van der Waals surface area contributed by atoms with Gasteiger partial charge in [0.1, 0.15) is 11.9 Å². The third kappa shape index (κ3) is 3.86. The molecule has 1 aromatic carbocycles. The third-order valence-electron chi connectivity index (χ3n) is 2.41. The molecule has 0 spiro atoms. The molecule has 0 bridgehead atoms. The zero-order valence-electron chi connectivity index (χ0n) is 9.26. The number of nitrogens with one attached hydrogen (secondary N) is 1. The van der Waals surface area contributed by atoms with E-state index in [0.717, 1.165) is 15.8 Å². The highest BCUT2D eigenvalue weighted by Crippen LogP contribution is 2.30. The van der Waals surface area contributed by atoms with Crippen molar-refractivity contribution in [2.75, 3.05) is 13.2 Å². The zero-order valence-corrected chi connectivity index (χ0v) is 10.8. The molecule has 0 amide bonds. The molecule has 3 nitrogen and oxygen atoms in total. The number of rotatable bonds is 4. The van der Waals surface area contributed by atoms with Gasteiger partial charge < -0.3 is 4.74 Å². The van der Waals surface area contributed by atoms with Crippen LogP contribution >= 0.6 is 15.9 Å². The molecule has 100 valence electrons. The number of hydrogen-bond acceptors (Lipinski definition) is 3. The van der Waals surface area contributed by atoms with Gasteiger partial charge in [-0.2, -0.15) is 18.7 Å². The smallest absolute Gasteiger partial charge is 0.413 e. The number of hydrogen-bond donors (Lipinski definition) is 1. The van der Waals surface area contributed by atoms with Crippen LogP contribution in [0.4, 0.5) is 13.2 Å². The topological polar surface area (TPSA) is 30.5 Å². The first-order valence-electron chi connectivity index (χ1n) is 5.30. The third-order valence-corrected chi connectivity index (χ3v) is 2.91. The van der Waals surface area contributed by atoms with Crippen molar-refractivity contribution in [3.63, 3.8) is 0 Å². The molecule has 7 heteroatoms. The van der Waals surface area contributed by atoms with Crippen LogP contribution in [-0.2, 0) is 11.3 Å². The van der Waals surface area contributed by atoms with E-state index in [2.05, 4.69) is 26.2 Å². The van der Waals surface area contributed by atoms with E-state index in [1.165, 1.54) is 0 Å². The molecule has 0 aliphatic carbocycles. The highest BCUT2D eigenvalue weighted by molar-refractivity contribution is 9.10. The highest BCUT2D eigenvalue weighted by atomic mass is 79.9. The van der Waals surface area contributed by atoms with Crippen molar-refractivity contribution in [3.8, 4) is 5.75 Å². The van der Waals surface area contributed by atoms with Crippen LogP contribution in [0.3, 0.4) is 0 Å². The Morgan fingerprint density at radius 3 is 2.94 bits per heavy atom. The van der Waals surface area contributed by atoms with Crippen LogP contribution < -0.4 is 10.2 Å². The number of alkyl halides is 3. The Morgan fingerprint density at radius 2 is 2.22 bits per heavy atom. The Bertz CT molecular complexity index is 425. The molecule has 0 radical (unpaired) electrons. The van der Waals surface area contributed by atoms with Crippen LogP contribution in [0.15, 0.2) is 22.7 Å². The van der Waals surface area contributed by atoms with Gasteiger partial charge in [-0.1, -0.05) is 15.9 Å². The molecule has 1 heterocycles. The van der Waals surface area contributed by atoms with Gasteiger partial charge in [0.15, 0.2) is 6.61 Å². The second-order valence-corrected chi connectivity index (χ2v) is 4.86. The molecule has 2 rings (SSSR count). The second kappa shape index (κ2) is 5.46. The van der Waals surface area contributed by atoms with E-state index < -0.39 is 12.8 Å². The average Bonchev–Trinajstić information content (AvgIpc) is 2.65. The lowest BCUT2D eigenvalue weighted by Crippen LogP contribution is -2.33. The number of ether oxygens (including phenoxy) is 1. The Hall–Kier alpha value is -0.790. The number of halogens is 4. The summed E-state index contributed by atoms with van der Waals surface area (Å²) >= 11 is 3.35. The van der Waals surface area contributed by atoms with Crippen molar-refractivity contribution < 1.29 is 22.7 Å². The predicted molar refractivity (Wildman–Crippen MR) is 62.3 cm³/mol. The molecule has 1 N–H and O–H groups in total. The van der Waals surface area contributed by atoms with Gasteiger partial charge in [-0.25, -0.2) is 0 Å². The molecule has 0 saturated heterocycles. The van der Waals surface area contributed by atoms with Gasteiger partial charge in [0.05, 0.1) is 6.54 Å². The fourth-order valence-corrected chi connectivity index (χ4v) is 2.10. The summed E-state index contributed by atoms with van der Waals surface area (Å²) in [5, 5.41) is 0. The first-order chi connectivity index (χ1) is 8.44.